The molecule has 25 heavy (non-hydrogen) atoms. The molecule has 0 bridgehead atoms. The molecule has 0 amide bonds. The van der Waals surface area contributed by atoms with Crippen molar-refractivity contribution in [2.24, 2.45) is 0 Å². The first kappa shape index (κ1) is 16.1. The van der Waals surface area contributed by atoms with Crippen molar-refractivity contribution in [3.8, 4) is 11.8 Å². The topological polar surface area (TPSA) is 184 Å². The van der Waals surface area contributed by atoms with Crippen LogP contribution in [0.1, 0.15) is 22.6 Å². The number of nitrogens with one attached hydrogen (secondary N) is 2. The number of aromatic amines is 2. The fourth-order valence-electron chi connectivity index (χ4n) is 2.62. The van der Waals surface area contributed by atoms with E-state index in [-0.39, 0.29) is 23.0 Å². The van der Waals surface area contributed by atoms with Gasteiger partial charge in [0.05, 0.1) is 17.0 Å². The maximum absolute atomic E-state index is 12.4. The molecule has 0 unspecified atom stereocenters. The number of hydrogen-bond donors (Lipinski definition) is 6. The van der Waals surface area contributed by atoms with E-state index in [2.05, 4.69) is 19.9 Å². The van der Waals surface area contributed by atoms with Crippen molar-refractivity contribution in [3.05, 3.63) is 67.7 Å². The van der Waals surface area contributed by atoms with Gasteiger partial charge in [-0.3, -0.25) is 19.6 Å². The highest BCUT2D eigenvalue weighted by molar-refractivity contribution is 5.49. The normalized spacial score (nSPS) is 10.9. The summed E-state index contributed by atoms with van der Waals surface area (Å²) in [5, 5.41) is 20.3. The third kappa shape index (κ3) is 2.87. The SMILES string of the molecule is Nc1nc(O)c(C(c2ccccc2)c2c(O)nc(N)[nH]c2=O)c(=O)[nH]1. The van der Waals surface area contributed by atoms with Gasteiger partial charge in [-0.1, -0.05) is 30.3 Å². The Morgan fingerprint density at radius 2 is 1.28 bits per heavy atom. The Labute approximate surface area is 139 Å². The number of anilines is 2. The van der Waals surface area contributed by atoms with Gasteiger partial charge in [0.2, 0.25) is 23.7 Å². The summed E-state index contributed by atoms with van der Waals surface area (Å²) in [5.41, 5.74) is 9.25. The Morgan fingerprint density at radius 1 is 0.840 bits per heavy atom. The van der Waals surface area contributed by atoms with Crippen LogP contribution in [-0.2, 0) is 0 Å². The fraction of sp³-hybridized carbons (Fsp3) is 0.0667. The van der Waals surface area contributed by atoms with Gasteiger partial charge in [0, 0.05) is 0 Å². The Morgan fingerprint density at radius 3 is 1.68 bits per heavy atom. The number of rotatable bonds is 3. The second-order valence-electron chi connectivity index (χ2n) is 5.22. The van der Waals surface area contributed by atoms with Crippen LogP contribution in [0.2, 0.25) is 0 Å². The number of nitrogens with two attached hydrogens (primary N) is 2. The number of nitrogens with zero attached hydrogens (tertiary/aromatic N) is 2. The minimum absolute atomic E-state index is 0.257. The highest BCUT2D eigenvalue weighted by atomic mass is 16.3. The van der Waals surface area contributed by atoms with Crippen molar-refractivity contribution in [1.82, 2.24) is 19.9 Å². The van der Waals surface area contributed by atoms with Gasteiger partial charge in [0.1, 0.15) is 0 Å². The highest BCUT2D eigenvalue weighted by Crippen LogP contribution is 2.35. The number of nitrogen functional groups attached to an aromatic ring is 2. The monoisotopic (exact) mass is 342 g/mol. The predicted octanol–water partition coefficient (Wildman–Crippen LogP) is -0.391. The van der Waals surface area contributed by atoms with Gasteiger partial charge in [-0.2, -0.15) is 9.97 Å². The molecule has 0 radical (unpaired) electrons. The molecule has 0 spiro atoms. The number of hydrogen-bond acceptors (Lipinski definition) is 8. The van der Waals surface area contributed by atoms with E-state index in [4.69, 9.17) is 11.5 Å². The molecule has 0 aliphatic carbocycles. The summed E-state index contributed by atoms with van der Waals surface area (Å²) in [6.45, 7) is 0. The first-order valence-corrected chi connectivity index (χ1v) is 7.10. The molecule has 8 N–H and O–H groups in total. The second kappa shape index (κ2) is 6.00. The van der Waals surface area contributed by atoms with Gasteiger partial charge in [0.25, 0.3) is 11.1 Å². The molecule has 2 heterocycles. The Kier molecular flexibility index (Phi) is 3.85. The van der Waals surface area contributed by atoms with Gasteiger partial charge in [-0.15, -0.1) is 0 Å². The van der Waals surface area contributed by atoms with E-state index in [1.807, 2.05) is 0 Å². The summed E-state index contributed by atoms with van der Waals surface area (Å²) in [6, 6.07) is 8.32. The van der Waals surface area contributed by atoms with Gasteiger partial charge in [0.15, 0.2) is 0 Å². The Balaban J connectivity index is 2.38. The molecule has 3 aromatic rings. The number of H-pyrrole nitrogens is 2. The molecule has 128 valence electrons. The summed E-state index contributed by atoms with van der Waals surface area (Å²) < 4.78 is 0. The molecule has 10 heteroatoms. The molecule has 0 aliphatic rings. The average molecular weight is 342 g/mol. The maximum atomic E-state index is 12.4. The van der Waals surface area contributed by atoms with Crippen LogP contribution in [0.15, 0.2) is 39.9 Å². The Bertz CT molecular complexity index is 979. The van der Waals surface area contributed by atoms with Crippen molar-refractivity contribution < 1.29 is 10.2 Å². The lowest BCUT2D eigenvalue weighted by molar-refractivity contribution is 0.433. The minimum Gasteiger partial charge on any atom is -0.493 e. The smallest absolute Gasteiger partial charge is 0.260 e. The summed E-state index contributed by atoms with van der Waals surface area (Å²) in [7, 11) is 0. The lowest BCUT2D eigenvalue weighted by Crippen LogP contribution is -2.26. The van der Waals surface area contributed by atoms with E-state index >= 15 is 0 Å². The third-order valence-corrected chi connectivity index (χ3v) is 3.62. The van der Waals surface area contributed by atoms with Crippen molar-refractivity contribution in [2.75, 3.05) is 11.5 Å². The maximum Gasteiger partial charge on any atom is 0.260 e. The molecule has 2 aromatic heterocycles. The van der Waals surface area contributed by atoms with Crippen LogP contribution in [0.3, 0.4) is 0 Å². The van der Waals surface area contributed by atoms with Crippen molar-refractivity contribution in [3.63, 3.8) is 0 Å². The molecule has 0 fully saturated rings. The van der Waals surface area contributed by atoms with E-state index in [9.17, 15) is 19.8 Å². The quantitative estimate of drug-likeness (QED) is 0.371. The standard InChI is InChI=1S/C15H14N6O4/c16-14-18-10(22)8(11(23)19-14)7(6-4-2-1-3-5-6)9-12(24)20-15(17)21-13(9)25/h1-5,7H,(H4,16,18,19,22,23)(H4,17,20,21,24,25). The van der Waals surface area contributed by atoms with E-state index in [0.29, 0.717) is 5.56 Å². The van der Waals surface area contributed by atoms with Crippen LogP contribution in [0, 0.1) is 0 Å². The number of benzene rings is 1. The van der Waals surface area contributed by atoms with Crippen LogP contribution < -0.4 is 22.6 Å². The Hall–Kier alpha value is -3.82. The molecule has 0 saturated heterocycles. The number of aromatic nitrogens is 4. The zero-order chi connectivity index (χ0) is 18.1. The molecule has 0 saturated carbocycles. The minimum atomic E-state index is -1.14. The summed E-state index contributed by atoms with van der Waals surface area (Å²) in [5.74, 6) is -3.04. The molecule has 3 rings (SSSR count). The van der Waals surface area contributed by atoms with Gasteiger partial charge < -0.3 is 21.7 Å². The number of aromatic hydroxyl groups is 2. The van der Waals surface area contributed by atoms with E-state index < -0.39 is 28.8 Å². The highest BCUT2D eigenvalue weighted by Gasteiger charge is 2.30. The lowest BCUT2D eigenvalue weighted by Gasteiger charge is -2.18. The molecule has 10 nitrogen and oxygen atoms in total. The molecule has 0 aliphatic heterocycles. The largest absolute Gasteiger partial charge is 0.493 e. The van der Waals surface area contributed by atoms with Crippen molar-refractivity contribution in [1.29, 1.82) is 0 Å². The zero-order valence-electron chi connectivity index (χ0n) is 12.7. The first-order chi connectivity index (χ1) is 11.9. The molecule has 0 atom stereocenters. The van der Waals surface area contributed by atoms with Gasteiger partial charge in [-0.05, 0) is 5.56 Å². The van der Waals surface area contributed by atoms with Crippen LogP contribution in [0.5, 0.6) is 11.8 Å². The van der Waals surface area contributed by atoms with Crippen molar-refractivity contribution >= 4 is 11.9 Å². The van der Waals surface area contributed by atoms with Gasteiger partial charge in [-0.25, -0.2) is 0 Å². The summed E-state index contributed by atoms with van der Waals surface area (Å²) in [4.78, 5) is 36.5. The van der Waals surface area contributed by atoms with E-state index in [0.717, 1.165) is 0 Å². The molecule has 1 aromatic carbocycles. The summed E-state index contributed by atoms with van der Waals surface area (Å²) >= 11 is 0. The van der Waals surface area contributed by atoms with E-state index in [1.54, 1.807) is 30.3 Å². The fourth-order valence-corrected chi connectivity index (χ4v) is 2.62. The van der Waals surface area contributed by atoms with E-state index in [1.165, 1.54) is 0 Å². The third-order valence-electron chi connectivity index (χ3n) is 3.62. The van der Waals surface area contributed by atoms with Crippen LogP contribution in [0.4, 0.5) is 11.9 Å². The summed E-state index contributed by atoms with van der Waals surface area (Å²) in [6.07, 6.45) is 0. The molecular formula is C15H14N6O4. The zero-order valence-corrected chi connectivity index (χ0v) is 12.7. The van der Waals surface area contributed by atoms with Crippen LogP contribution in [0.25, 0.3) is 0 Å². The van der Waals surface area contributed by atoms with Gasteiger partial charge >= 0.3 is 0 Å². The predicted molar refractivity (Wildman–Crippen MR) is 89.3 cm³/mol. The lowest BCUT2D eigenvalue weighted by atomic mass is 9.87. The van der Waals surface area contributed by atoms with Crippen molar-refractivity contribution in [2.45, 2.75) is 5.92 Å². The molecular weight excluding hydrogens is 328 g/mol. The average Bonchev–Trinajstić information content (AvgIpc) is 2.52. The van der Waals surface area contributed by atoms with Crippen LogP contribution >= 0.6 is 0 Å². The first-order valence-electron chi connectivity index (χ1n) is 7.10. The van der Waals surface area contributed by atoms with Crippen LogP contribution in [-0.4, -0.2) is 30.1 Å². The second-order valence-corrected chi connectivity index (χ2v) is 5.22.